The van der Waals surface area contributed by atoms with E-state index in [4.69, 9.17) is 14.6 Å². The summed E-state index contributed by atoms with van der Waals surface area (Å²) in [7, 11) is -0.607. The van der Waals surface area contributed by atoms with Gasteiger partial charge in [0.05, 0.1) is 19.1 Å². The molecule has 7 nitrogen and oxygen atoms in total. The Bertz CT molecular complexity index is 1310. The number of sulfonamides is 1. The minimum atomic E-state index is -3.79. The molecule has 148 valence electrons. The van der Waals surface area contributed by atoms with Crippen LogP contribution in [0.3, 0.4) is 0 Å². The van der Waals surface area contributed by atoms with Gasteiger partial charge in [-0.05, 0) is 41.5 Å². The summed E-state index contributed by atoms with van der Waals surface area (Å²) in [5, 5.41) is 6.14. The summed E-state index contributed by atoms with van der Waals surface area (Å²) in [6, 6.07) is 14.2. The topological polar surface area (TPSA) is 107 Å². The molecule has 8 heteroatoms. The van der Waals surface area contributed by atoms with Crippen molar-refractivity contribution in [3.63, 3.8) is 0 Å². The highest BCUT2D eigenvalue weighted by Crippen LogP contribution is 2.35. The van der Waals surface area contributed by atoms with Crippen molar-refractivity contribution in [1.82, 2.24) is 9.97 Å². The van der Waals surface area contributed by atoms with Crippen LogP contribution < -0.4 is 14.6 Å². The molecule has 4 rings (SSSR count). The van der Waals surface area contributed by atoms with Crippen LogP contribution in [0.15, 0.2) is 65.8 Å². The van der Waals surface area contributed by atoms with E-state index in [2.05, 4.69) is 9.97 Å². The van der Waals surface area contributed by atoms with E-state index < -0.39 is 10.0 Å². The zero-order valence-electron chi connectivity index (χ0n) is 15.8. The van der Waals surface area contributed by atoms with Gasteiger partial charge in [-0.3, -0.25) is 0 Å². The fraction of sp³-hybridized carbons (Fsp3) is 0.0952. The van der Waals surface area contributed by atoms with Gasteiger partial charge in [-0.25, -0.2) is 18.5 Å². The zero-order valence-corrected chi connectivity index (χ0v) is 16.7. The van der Waals surface area contributed by atoms with E-state index in [-0.39, 0.29) is 4.90 Å². The van der Waals surface area contributed by atoms with Gasteiger partial charge < -0.3 is 14.5 Å². The van der Waals surface area contributed by atoms with Crippen molar-refractivity contribution in [2.45, 2.75) is 4.90 Å². The zero-order chi connectivity index (χ0) is 20.6. The highest BCUT2D eigenvalue weighted by molar-refractivity contribution is 7.89. The SMILES string of the molecule is COc1ccc(-c2cnc3[nH]cc(-c4cccc(S(N)(=O)=O)c4)c3c2)cc1OC. The molecule has 29 heavy (non-hydrogen) atoms. The van der Waals surface area contributed by atoms with Crippen molar-refractivity contribution in [3.05, 3.63) is 60.9 Å². The van der Waals surface area contributed by atoms with E-state index in [1.807, 2.05) is 30.3 Å². The summed E-state index contributed by atoms with van der Waals surface area (Å²) in [6.07, 6.45) is 3.57. The summed E-state index contributed by atoms with van der Waals surface area (Å²) in [5.74, 6) is 1.27. The molecule has 3 N–H and O–H groups in total. The lowest BCUT2D eigenvalue weighted by atomic mass is 10.0. The minimum absolute atomic E-state index is 0.0633. The number of fused-ring (bicyclic) bond motifs is 1. The lowest BCUT2D eigenvalue weighted by molar-refractivity contribution is 0.355. The molecular weight excluding hydrogens is 390 g/mol. The Hall–Kier alpha value is -3.36. The highest BCUT2D eigenvalue weighted by atomic mass is 32.2. The third kappa shape index (κ3) is 3.55. The van der Waals surface area contributed by atoms with Crippen molar-refractivity contribution in [1.29, 1.82) is 0 Å². The van der Waals surface area contributed by atoms with Gasteiger partial charge >= 0.3 is 0 Å². The summed E-state index contributed by atoms with van der Waals surface area (Å²) in [4.78, 5) is 7.69. The average Bonchev–Trinajstić information content (AvgIpc) is 3.16. The summed E-state index contributed by atoms with van der Waals surface area (Å²) in [6.45, 7) is 0. The van der Waals surface area contributed by atoms with Gasteiger partial charge in [0.1, 0.15) is 5.65 Å². The first-order valence-electron chi connectivity index (χ1n) is 8.73. The molecule has 0 spiro atoms. The molecule has 0 radical (unpaired) electrons. The van der Waals surface area contributed by atoms with E-state index in [0.717, 1.165) is 27.6 Å². The first-order valence-corrected chi connectivity index (χ1v) is 10.3. The molecule has 0 fully saturated rings. The molecule has 4 aromatic rings. The van der Waals surface area contributed by atoms with Crippen LogP contribution in [-0.4, -0.2) is 32.6 Å². The maximum absolute atomic E-state index is 11.7. The molecule has 2 aromatic carbocycles. The second-order valence-corrected chi connectivity index (χ2v) is 8.03. The predicted molar refractivity (Wildman–Crippen MR) is 111 cm³/mol. The van der Waals surface area contributed by atoms with Crippen LogP contribution in [-0.2, 0) is 10.0 Å². The van der Waals surface area contributed by atoms with Crippen molar-refractivity contribution >= 4 is 21.1 Å². The molecule has 0 saturated heterocycles. The van der Waals surface area contributed by atoms with Crippen molar-refractivity contribution in [2.75, 3.05) is 14.2 Å². The Morgan fingerprint density at radius 2 is 1.72 bits per heavy atom. The second kappa shape index (κ2) is 7.23. The number of ether oxygens (including phenoxy) is 2. The average molecular weight is 409 g/mol. The first kappa shape index (κ1) is 19.0. The number of benzene rings is 2. The molecule has 0 atom stereocenters. The number of nitrogens with two attached hydrogens (primary N) is 1. The van der Waals surface area contributed by atoms with Crippen LogP contribution in [0, 0.1) is 0 Å². The standard InChI is InChI=1S/C21H19N3O4S/c1-27-19-7-6-13(10-20(19)28-2)15-9-17-18(12-24-21(17)23-11-15)14-4-3-5-16(8-14)29(22,25)26/h3-12H,1-2H3,(H,23,24)(H2,22,25,26). The summed E-state index contributed by atoms with van der Waals surface area (Å²) >= 11 is 0. The van der Waals surface area contributed by atoms with E-state index in [9.17, 15) is 8.42 Å². The quantitative estimate of drug-likeness (QED) is 0.524. The lowest BCUT2D eigenvalue weighted by Gasteiger charge is -2.10. The number of aromatic nitrogens is 2. The lowest BCUT2D eigenvalue weighted by Crippen LogP contribution is -2.11. The number of pyridine rings is 1. The number of H-pyrrole nitrogens is 1. The van der Waals surface area contributed by atoms with Crippen molar-refractivity contribution in [2.24, 2.45) is 5.14 Å². The fourth-order valence-corrected chi connectivity index (χ4v) is 3.82. The Kier molecular flexibility index (Phi) is 4.73. The number of primary sulfonamides is 1. The van der Waals surface area contributed by atoms with Crippen molar-refractivity contribution in [3.8, 4) is 33.8 Å². The third-order valence-electron chi connectivity index (χ3n) is 4.72. The normalized spacial score (nSPS) is 11.6. The highest BCUT2D eigenvalue weighted by Gasteiger charge is 2.13. The fourth-order valence-electron chi connectivity index (χ4n) is 3.26. The molecule has 0 amide bonds. The number of aromatic amines is 1. The smallest absolute Gasteiger partial charge is 0.238 e. The first-order chi connectivity index (χ1) is 13.9. The Balaban J connectivity index is 1.84. The molecular formula is C21H19N3O4S. The maximum atomic E-state index is 11.7. The Morgan fingerprint density at radius 1 is 0.931 bits per heavy atom. The minimum Gasteiger partial charge on any atom is -0.493 e. The van der Waals surface area contributed by atoms with Crippen LogP contribution in [0.2, 0.25) is 0 Å². The van der Waals surface area contributed by atoms with E-state index >= 15 is 0 Å². The molecule has 2 heterocycles. The van der Waals surface area contributed by atoms with Crippen LogP contribution in [0.5, 0.6) is 11.5 Å². The van der Waals surface area contributed by atoms with Gasteiger partial charge in [0.25, 0.3) is 0 Å². The number of nitrogens with zero attached hydrogens (tertiary/aromatic N) is 1. The Morgan fingerprint density at radius 3 is 2.45 bits per heavy atom. The molecule has 0 saturated carbocycles. The summed E-state index contributed by atoms with van der Waals surface area (Å²) < 4.78 is 34.1. The molecule has 0 aliphatic rings. The number of rotatable bonds is 5. The summed E-state index contributed by atoms with van der Waals surface area (Å²) in [5.41, 5.74) is 4.07. The monoisotopic (exact) mass is 409 g/mol. The van der Waals surface area contributed by atoms with E-state index in [0.29, 0.717) is 17.1 Å². The second-order valence-electron chi connectivity index (χ2n) is 6.47. The van der Waals surface area contributed by atoms with Gasteiger partial charge in [0, 0.05) is 28.9 Å². The van der Waals surface area contributed by atoms with Gasteiger partial charge in [0.2, 0.25) is 10.0 Å². The number of hydrogen-bond donors (Lipinski definition) is 2. The Labute approximate surface area is 168 Å². The van der Waals surface area contributed by atoms with E-state index in [1.54, 1.807) is 38.7 Å². The number of methoxy groups -OCH3 is 2. The van der Waals surface area contributed by atoms with E-state index in [1.165, 1.54) is 6.07 Å². The van der Waals surface area contributed by atoms with Crippen molar-refractivity contribution < 1.29 is 17.9 Å². The van der Waals surface area contributed by atoms with Crippen LogP contribution >= 0.6 is 0 Å². The molecule has 2 aromatic heterocycles. The van der Waals surface area contributed by atoms with Crippen LogP contribution in [0.1, 0.15) is 0 Å². The molecule has 0 aliphatic carbocycles. The predicted octanol–water partition coefficient (Wildman–Crippen LogP) is 3.56. The molecule has 0 bridgehead atoms. The van der Waals surface area contributed by atoms with Crippen LogP contribution in [0.25, 0.3) is 33.3 Å². The molecule has 0 unspecified atom stereocenters. The number of nitrogens with one attached hydrogen (secondary N) is 1. The van der Waals surface area contributed by atoms with Crippen LogP contribution in [0.4, 0.5) is 0 Å². The third-order valence-corrected chi connectivity index (χ3v) is 5.63. The largest absolute Gasteiger partial charge is 0.493 e. The molecule has 0 aliphatic heterocycles. The number of hydrogen-bond acceptors (Lipinski definition) is 5. The van der Waals surface area contributed by atoms with Gasteiger partial charge in [-0.15, -0.1) is 0 Å². The van der Waals surface area contributed by atoms with Gasteiger partial charge in [-0.2, -0.15) is 0 Å². The van der Waals surface area contributed by atoms with Gasteiger partial charge in [-0.1, -0.05) is 18.2 Å². The maximum Gasteiger partial charge on any atom is 0.238 e. The van der Waals surface area contributed by atoms with Gasteiger partial charge in [0.15, 0.2) is 11.5 Å².